The van der Waals surface area contributed by atoms with Crippen LogP contribution in [0.15, 0.2) is 35.5 Å². The molecule has 1 unspecified atom stereocenters. The molecule has 0 saturated carbocycles. The van der Waals surface area contributed by atoms with Crippen LogP contribution in [-0.2, 0) is 9.53 Å². The molecule has 0 saturated heterocycles. The summed E-state index contributed by atoms with van der Waals surface area (Å²) in [6.07, 6.45) is 1.08. The van der Waals surface area contributed by atoms with Gasteiger partial charge in [0, 0.05) is 0 Å². The van der Waals surface area contributed by atoms with Crippen molar-refractivity contribution in [1.29, 1.82) is 0 Å². The molecule has 1 heterocycles. The van der Waals surface area contributed by atoms with Gasteiger partial charge in [-0.15, -0.1) is 0 Å². The van der Waals surface area contributed by atoms with Crippen molar-refractivity contribution in [3.63, 3.8) is 0 Å². The third-order valence-corrected chi connectivity index (χ3v) is 1.96. The number of ether oxygens (including phenoxy) is 1. The molecule has 0 radical (unpaired) electrons. The Bertz CT molecular complexity index is 446. The fourth-order valence-electron chi connectivity index (χ4n) is 1.26. The zero-order chi connectivity index (χ0) is 14.5. The van der Waals surface area contributed by atoms with Crippen LogP contribution in [0.25, 0.3) is 0 Å². The normalized spacial score (nSPS) is 12.4. The van der Waals surface area contributed by atoms with E-state index >= 15 is 0 Å². The highest BCUT2D eigenvalue weighted by Crippen LogP contribution is 2.13. The Morgan fingerprint density at radius 1 is 1.42 bits per heavy atom. The monoisotopic (exact) mass is 266 g/mol. The summed E-state index contributed by atoms with van der Waals surface area (Å²) >= 11 is 0. The number of rotatable bonds is 4. The molecule has 6 nitrogen and oxygen atoms in total. The van der Waals surface area contributed by atoms with E-state index in [-0.39, 0.29) is 0 Å². The molecule has 6 heteroatoms. The van der Waals surface area contributed by atoms with E-state index in [9.17, 15) is 9.59 Å². The van der Waals surface area contributed by atoms with Gasteiger partial charge < -0.3 is 14.5 Å². The van der Waals surface area contributed by atoms with E-state index in [1.807, 2.05) is 0 Å². The maximum Gasteiger partial charge on any atom is 0.409 e. The molecule has 0 aliphatic heterocycles. The topological polar surface area (TPSA) is 80.6 Å². The highest BCUT2D eigenvalue weighted by molar-refractivity contribution is 5.87. The van der Waals surface area contributed by atoms with Crippen LogP contribution >= 0.6 is 0 Å². The van der Waals surface area contributed by atoms with Crippen LogP contribution in [0.1, 0.15) is 32.7 Å². The van der Waals surface area contributed by atoms with E-state index in [1.165, 1.54) is 6.26 Å². The zero-order valence-corrected chi connectivity index (χ0v) is 11.2. The van der Waals surface area contributed by atoms with Gasteiger partial charge in [0.25, 0.3) is 0 Å². The van der Waals surface area contributed by atoms with Gasteiger partial charge in [-0.25, -0.2) is 4.79 Å². The number of hydrogen-bond acceptors (Lipinski definition) is 4. The van der Waals surface area contributed by atoms with E-state index in [0.717, 1.165) is 6.08 Å². The van der Waals surface area contributed by atoms with Crippen LogP contribution in [0.3, 0.4) is 0 Å². The van der Waals surface area contributed by atoms with Crippen molar-refractivity contribution < 1.29 is 18.7 Å². The summed E-state index contributed by atoms with van der Waals surface area (Å²) in [4.78, 5) is 23.0. The minimum Gasteiger partial charge on any atom is -0.465 e. The van der Waals surface area contributed by atoms with Crippen LogP contribution in [0.4, 0.5) is 4.79 Å². The maximum absolute atomic E-state index is 11.7. The molecule has 0 bridgehead atoms. The summed E-state index contributed by atoms with van der Waals surface area (Å²) in [5, 5.41) is 5.03. The van der Waals surface area contributed by atoms with E-state index in [0.29, 0.717) is 5.76 Å². The number of nitrogens with one attached hydrogen (secondary N) is 2. The van der Waals surface area contributed by atoms with E-state index in [2.05, 4.69) is 17.2 Å². The Morgan fingerprint density at radius 3 is 2.58 bits per heavy atom. The lowest BCUT2D eigenvalue weighted by atomic mass is 10.2. The first-order valence-electron chi connectivity index (χ1n) is 5.77. The van der Waals surface area contributed by atoms with Crippen LogP contribution in [-0.4, -0.2) is 17.6 Å². The average Bonchev–Trinajstić information content (AvgIpc) is 2.78. The number of furan rings is 1. The molecule has 0 aliphatic rings. The fraction of sp³-hybridized carbons (Fsp3) is 0.385. The van der Waals surface area contributed by atoms with E-state index < -0.39 is 23.8 Å². The predicted molar refractivity (Wildman–Crippen MR) is 69.2 cm³/mol. The van der Waals surface area contributed by atoms with Gasteiger partial charge >= 0.3 is 6.09 Å². The van der Waals surface area contributed by atoms with Gasteiger partial charge in [0.1, 0.15) is 11.4 Å². The second-order valence-electron chi connectivity index (χ2n) is 4.81. The third-order valence-electron chi connectivity index (χ3n) is 1.96. The molecule has 0 aliphatic carbocycles. The first kappa shape index (κ1) is 14.8. The van der Waals surface area contributed by atoms with Gasteiger partial charge in [-0.05, 0) is 39.0 Å². The van der Waals surface area contributed by atoms with Crippen LogP contribution in [0, 0.1) is 0 Å². The molecule has 104 valence electrons. The lowest BCUT2D eigenvalue weighted by molar-refractivity contribution is -0.117. The predicted octanol–water partition coefficient (Wildman–Crippen LogP) is 2.11. The summed E-state index contributed by atoms with van der Waals surface area (Å²) in [5.74, 6) is -0.0430. The third kappa shape index (κ3) is 5.29. The summed E-state index contributed by atoms with van der Waals surface area (Å²) in [6, 6.07) is 3.28. The molecule has 1 aromatic rings. The number of alkyl carbamates (subject to hydrolysis) is 1. The van der Waals surface area contributed by atoms with Crippen molar-refractivity contribution in [1.82, 2.24) is 10.6 Å². The minimum absolute atomic E-state index is 0.390. The highest BCUT2D eigenvalue weighted by Gasteiger charge is 2.22. The van der Waals surface area contributed by atoms with Gasteiger partial charge in [0.15, 0.2) is 6.17 Å². The van der Waals surface area contributed by atoms with Crippen molar-refractivity contribution in [3.05, 3.63) is 36.8 Å². The smallest absolute Gasteiger partial charge is 0.409 e. The molecule has 1 atom stereocenters. The summed E-state index contributed by atoms with van der Waals surface area (Å²) in [6.45, 7) is 8.59. The standard InChI is InChI=1S/C13H18N2O4/c1-5-10(16)14-11(9-7-6-8-18-9)15-12(17)19-13(2,3)4/h5-8,11H,1H2,2-4H3,(H,14,16)(H,15,17). The molecular formula is C13H18N2O4. The molecule has 2 amide bonds. The van der Waals surface area contributed by atoms with Gasteiger partial charge in [-0.2, -0.15) is 0 Å². The maximum atomic E-state index is 11.7. The first-order valence-corrected chi connectivity index (χ1v) is 5.77. The first-order chi connectivity index (χ1) is 8.81. The quantitative estimate of drug-likeness (QED) is 0.646. The number of hydrogen-bond donors (Lipinski definition) is 2. The van der Waals surface area contributed by atoms with Crippen LogP contribution in [0.5, 0.6) is 0 Å². The lowest BCUT2D eigenvalue weighted by Crippen LogP contribution is -2.42. The molecule has 0 fully saturated rings. The minimum atomic E-state index is -0.810. The van der Waals surface area contributed by atoms with E-state index in [1.54, 1.807) is 32.9 Å². The molecule has 0 spiro atoms. The second kappa shape index (κ2) is 6.08. The van der Waals surface area contributed by atoms with Gasteiger partial charge in [-0.3, -0.25) is 10.1 Å². The zero-order valence-electron chi connectivity index (χ0n) is 11.2. The van der Waals surface area contributed by atoms with Crippen molar-refractivity contribution in [2.75, 3.05) is 0 Å². The van der Waals surface area contributed by atoms with Gasteiger partial charge in [0.05, 0.1) is 6.26 Å². The molecule has 0 aromatic carbocycles. The second-order valence-corrected chi connectivity index (χ2v) is 4.81. The highest BCUT2D eigenvalue weighted by atomic mass is 16.6. The summed E-state index contributed by atoms with van der Waals surface area (Å²) < 4.78 is 10.3. The van der Waals surface area contributed by atoms with E-state index in [4.69, 9.17) is 9.15 Å². The van der Waals surface area contributed by atoms with Crippen molar-refractivity contribution in [2.45, 2.75) is 32.5 Å². The number of amides is 2. The average molecular weight is 266 g/mol. The van der Waals surface area contributed by atoms with Gasteiger partial charge in [-0.1, -0.05) is 6.58 Å². The van der Waals surface area contributed by atoms with Crippen molar-refractivity contribution >= 4 is 12.0 Å². The SMILES string of the molecule is C=CC(=O)NC(NC(=O)OC(C)(C)C)c1ccco1. The van der Waals surface area contributed by atoms with Gasteiger partial charge in [0.2, 0.25) is 5.91 Å². The summed E-state index contributed by atoms with van der Waals surface area (Å²) in [5.41, 5.74) is -0.625. The Hall–Kier alpha value is -2.24. The van der Waals surface area contributed by atoms with Crippen molar-refractivity contribution in [2.24, 2.45) is 0 Å². The van der Waals surface area contributed by atoms with Crippen LogP contribution < -0.4 is 10.6 Å². The Morgan fingerprint density at radius 2 is 2.11 bits per heavy atom. The van der Waals surface area contributed by atoms with Crippen LogP contribution in [0.2, 0.25) is 0 Å². The largest absolute Gasteiger partial charge is 0.465 e. The lowest BCUT2D eigenvalue weighted by Gasteiger charge is -2.23. The fourth-order valence-corrected chi connectivity index (χ4v) is 1.26. The Labute approximate surface area is 111 Å². The molecular weight excluding hydrogens is 248 g/mol. The molecule has 19 heavy (non-hydrogen) atoms. The Kier molecular flexibility index (Phi) is 4.74. The molecule has 1 rings (SSSR count). The molecule has 2 N–H and O–H groups in total. The molecule has 1 aromatic heterocycles. The number of carbonyl (C=O) groups excluding carboxylic acids is 2. The number of carbonyl (C=O) groups is 2. The van der Waals surface area contributed by atoms with Crippen molar-refractivity contribution in [3.8, 4) is 0 Å². The summed E-state index contributed by atoms with van der Waals surface area (Å²) in [7, 11) is 0. The Balaban J connectivity index is 2.72.